The van der Waals surface area contributed by atoms with Crippen LogP contribution in [0.3, 0.4) is 0 Å². The third kappa shape index (κ3) is 3.65. The predicted octanol–water partition coefficient (Wildman–Crippen LogP) is 3.46. The molecular formula is C13H12ClNOS. The lowest BCUT2D eigenvalue weighted by Crippen LogP contribution is -2.06. The van der Waals surface area contributed by atoms with Gasteiger partial charge in [-0.3, -0.25) is 4.79 Å². The van der Waals surface area contributed by atoms with Gasteiger partial charge in [0.25, 0.3) is 0 Å². The van der Waals surface area contributed by atoms with Crippen molar-refractivity contribution in [3.05, 3.63) is 50.9 Å². The van der Waals surface area contributed by atoms with E-state index in [1.807, 2.05) is 24.4 Å². The van der Waals surface area contributed by atoms with Crippen LogP contribution in [0.1, 0.15) is 16.3 Å². The summed E-state index contributed by atoms with van der Waals surface area (Å²) < 4.78 is 0. The molecule has 0 saturated heterocycles. The molecule has 0 atom stereocenters. The fourth-order valence-corrected chi connectivity index (χ4v) is 2.32. The molecule has 2 rings (SSSR count). The Bertz CT molecular complexity index is 518. The fraction of sp³-hybridized carbons (Fsp3) is 0.231. The maximum absolute atomic E-state index is 11.8. The number of rotatable bonds is 4. The zero-order valence-corrected chi connectivity index (χ0v) is 11.0. The van der Waals surface area contributed by atoms with Gasteiger partial charge in [0.2, 0.25) is 0 Å². The molecule has 0 aliphatic heterocycles. The average molecular weight is 266 g/mol. The molecule has 17 heavy (non-hydrogen) atoms. The summed E-state index contributed by atoms with van der Waals surface area (Å²) in [5.41, 5.74) is 1.86. The number of ketones is 1. The van der Waals surface area contributed by atoms with Crippen LogP contribution in [0.4, 0.5) is 0 Å². The van der Waals surface area contributed by atoms with Crippen molar-refractivity contribution in [1.82, 2.24) is 4.98 Å². The van der Waals surface area contributed by atoms with Gasteiger partial charge in [0, 0.05) is 23.2 Å². The molecule has 0 saturated carbocycles. The Hall–Kier alpha value is -1.19. The highest BCUT2D eigenvalue weighted by Crippen LogP contribution is 2.12. The van der Waals surface area contributed by atoms with E-state index in [2.05, 4.69) is 4.98 Å². The highest BCUT2D eigenvalue weighted by atomic mass is 35.5. The average Bonchev–Trinajstić information content (AvgIpc) is 2.67. The van der Waals surface area contributed by atoms with Gasteiger partial charge in [0.15, 0.2) is 0 Å². The van der Waals surface area contributed by atoms with Crippen molar-refractivity contribution in [1.29, 1.82) is 0 Å². The van der Waals surface area contributed by atoms with E-state index in [-0.39, 0.29) is 5.78 Å². The van der Waals surface area contributed by atoms with E-state index in [9.17, 15) is 4.79 Å². The summed E-state index contributed by atoms with van der Waals surface area (Å²) in [4.78, 5) is 16.1. The zero-order valence-electron chi connectivity index (χ0n) is 9.44. The number of benzene rings is 1. The summed E-state index contributed by atoms with van der Waals surface area (Å²) in [6, 6.07) is 7.37. The first kappa shape index (κ1) is 12.3. The van der Waals surface area contributed by atoms with Crippen LogP contribution in [0.2, 0.25) is 5.02 Å². The molecule has 1 heterocycles. The monoisotopic (exact) mass is 265 g/mol. The fourth-order valence-electron chi connectivity index (χ4n) is 1.58. The number of carbonyl (C=O) groups is 1. The molecule has 0 amide bonds. The van der Waals surface area contributed by atoms with Crippen molar-refractivity contribution in [2.45, 2.75) is 19.8 Å². The van der Waals surface area contributed by atoms with Gasteiger partial charge < -0.3 is 0 Å². The second kappa shape index (κ2) is 5.43. The number of aromatic nitrogens is 1. The second-order valence-electron chi connectivity index (χ2n) is 3.88. The van der Waals surface area contributed by atoms with Gasteiger partial charge in [-0.05, 0) is 24.6 Å². The Labute approximate surface area is 109 Å². The first-order valence-electron chi connectivity index (χ1n) is 5.30. The number of thiazole rings is 1. The molecule has 1 aromatic carbocycles. The molecule has 1 aromatic heterocycles. The Balaban J connectivity index is 1.95. The molecule has 0 N–H and O–H groups in total. The number of halogens is 1. The van der Waals surface area contributed by atoms with E-state index in [0.717, 1.165) is 16.3 Å². The van der Waals surface area contributed by atoms with Crippen molar-refractivity contribution < 1.29 is 4.79 Å². The van der Waals surface area contributed by atoms with E-state index in [1.54, 1.807) is 23.5 Å². The van der Waals surface area contributed by atoms with Crippen LogP contribution < -0.4 is 0 Å². The van der Waals surface area contributed by atoms with Gasteiger partial charge in [-0.1, -0.05) is 23.7 Å². The molecule has 0 unspecified atom stereocenters. The molecule has 2 nitrogen and oxygen atoms in total. The van der Waals surface area contributed by atoms with Crippen LogP contribution in [0.5, 0.6) is 0 Å². The van der Waals surface area contributed by atoms with E-state index in [1.165, 1.54) is 0 Å². The Morgan fingerprint density at radius 1 is 1.29 bits per heavy atom. The number of hydrogen-bond acceptors (Lipinski definition) is 3. The van der Waals surface area contributed by atoms with Crippen molar-refractivity contribution in [3.8, 4) is 0 Å². The number of nitrogens with zero attached hydrogens (tertiary/aromatic N) is 1. The summed E-state index contributed by atoms with van der Waals surface area (Å²) in [5, 5.41) is 3.63. The van der Waals surface area contributed by atoms with Gasteiger partial charge >= 0.3 is 0 Å². The minimum absolute atomic E-state index is 0.178. The van der Waals surface area contributed by atoms with Crippen LogP contribution in [-0.4, -0.2) is 10.8 Å². The normalized spacial score (nSPS) is 10.5. The van der Waals surface area contributed by atoms with Gasteiger partial charge in [0.05, 0.1) is 10.7 Å². The number of aryl methyl sites for hydroxylation is 1. The lowest BCUT2D eigenvalue weighted by Gasteiger charge is -2.00. The third-order valence-corrected chi connectivity index (χ3v) is 3.43. The molecule has 0 radical (unpaired) electrons. The summed E-state index contributed by atoms with van der Waals surface area (Å²) in [6.07, 6.45) is 0.848. The Kier molecular flexibility index (Phi) is 3.92. The third-order valence-electron chi connectivity index (χ3n) is 2.36. The van der Waals surface area contributed by atoms with E-state index >= 15 is 0 Å². The van der Waals surface area contributed by atoms with Crippen LogP contribution >= 0.6 is 22.9 Å². The molecule has 0 aliphatic carbocycles. The molecular weight excluding hydrogens is 254 g/mol. The highest BCUT2D eigenvalue weighted by Gasteiger charge is 2.07. The highest BCUT2D eigenvalue weighted by molar-refractivity contribution is 7.09. The van der Waals surface area contributed by atoms with Crippen LogP contribution in [0, 0.1) is 6.92 Å². The van der Waals surface area contributed by atoms with Crippen LogP contribution in [0.25, 0.3) is 0 Å². The number of carbonyl (C=O) groups excluding carboxylic acids is 1. The maximum atomic E-state index is 11.8. The van der Waals surface area contributed by atoms with E-state index < -0.39 is 0 Å². The molecule has 88 valence electrons. The summed E-state index contributed by atoms with van der Waals surface area (Å²) in [7, 11) is 0. The van der Waals surface area contributed by atoms with Crippen LogP contribution in [0.15, 0.2) is 29.6 Å². The van der Waals surface area contributed by atoms with Crippen LogP contribution in [-0.2, 0) is 17.6 Å². The van der Waals surface area contributed by atoms with Crippen molar-refractivity contribution >= 4 is 28.7 Å². The molecule has 0 aliphatic rings. The molecule has 0 spiro atoms. The lowest BCUT2D eigenvalue weighted by molar-refractivity contribution is -0.117. The molecule has 0 fully saturated rings. The number of hydrogen-bond donors (Lipinski definition) is 0. The molecule has 2 aromatic rings. The molecule has 0 bridgehead atoms. The smallest absolute Gasteiger partial charge is 0.143 e. The minimum Gasteiger partial charge on any atom is -0.299 e. The van der Waals surface area contributed by atoms with Gasteiger partial charge in [-0.25, -0.2) is 4.98 Å². The predicted molar refractivity (Wildman–Crippen MR) is 70.7 cm³/mol. The summed E-state index contributed by atoms with van der Waals surface area (Å²) >= 11 is 7.36. The maximum Gasteiger partial charge on any atom is 0.143 e. The largest absolute Gasteiger partial charge is 0.299 e. The van der Waals surface area contributed by atoms with E-state index in [4.69, 9.17) is 11.6 Å². The van der Waals surface area contributed by atoms with Crippen molar-refractivity contribution in [3.63, 3.8) is 0 Å². The van der Waals surface area contributed by atoms with Gasteiger partial charge in [-0.2, -0.15) is 0 Å². The minimum atomic E-state index is 0.178. The van der Waals surface area contributed by atoms with Gasteiger partial charge in [0.1, 0.15) is 5.78 Å². The van der Waals surface area contributed by atoms with E-state index in [0.29, 0.717) is 17.9 Å². The summed E-state index contributed by atoms with van der Waals surface area (Å²) in [5.74, 6) is 0.178. The summed E-state index contributed by atoms with van der Waals surface area (Å²) in [6.45, 7) is 1.94. The zero-order chi connectivity index (χ0) is 12.3. The lowest BCUT2D eigenvalue weighted by atomic mass is 10.1. The Morgan fingerprint density at radius 3 is 2.59 bits per heavy atom. The molecule has 4 heteroatoms. The quantitative estimate of drug-likeness (QED) is 0.847. The number of Topliss-reactive ketones (excluding diaryl/α,β-unsaturated/α-hetero) is 1. The van der Waals surface area contributed by atoms with Crippen molar-refractivity contribution in [2.24, 2.45) is 0 Å². The first-order chi connectivity index (χ1) is 8.13. The topological polar surface area (TPSA) is 30.0 Å². The van der Waals surface area contributed by atoms with Crippen molar-refractivity contribution in [2.75, 3.05) is 0 Å². The standard InChI is InChI=1S/C13H12ClNOS/c1-9-15-12(8-17-9)7-13(16)6-10-2-4-11(14)5-3-10/h2-5,8H,6-7H2,1H3. The first-order valence-corrected chi connectivity index (χ1v) is 6.56. The Morgan fingerprint density at radius 2 is 2.00 bits per heavy atom. The second-order valence-corrected chi connectivity index (χ2v) is 5.38. The van der Waals surface area contributed by atoms with Gasteiger partial charge in [-0.15, -0.1) is 11.3 Å². The SMILES string of the molecule is Cc1nc(CC(=O)Cc2ccc(Cl)cc2)cs1.